The molecule has 0 aromatic heterocycles. The van der Waals surface area contributed by atoms with E-state index in [-0.39, 0.29) is 12.5 Å². The molecule has 0 bridgehead atoms. The molecule has 1 N–H and O–H groups in total. The molecule has 1 amide bonds. The van der Waals surface area contributed by atoms with Gasteiger partial charge in [0.25, 0.3) is 5.91 Å². The van der Waals surface area contributed by atoms with Gasteiger partial charge in [0.05, 0.1) is 0 Å². The number of ether oxygens (including phenoxy) is 1. The first-order valence-electron chi connectivity index (χ1n) is 3.44. The second-order valence-electron chi connectivity index (χ2n) is 2.45. The first-order valence-corrected chi connectivity index (χ1v) is 3.44. The summed E-state index contributed by atoms with van der Waals surface area (Å²) >= 11 is 0. The van der Waals surface area contributed by atoms with Gasteiger partial charge in [-0.3, -0.25) is 4.79 Å². The highest BCUT2D eigenvalue weighted by molar-refractivity contribution is 5.80. The van der Waals surface area contributed by atoms with Gasteiger partial charge < -0.3 is 10.1 Å². The molecule has 0 saturated heterocycles. The largest absolute Gasteiger partial charge is 0.480 e. The number of hydrogen-bond donors (Lipinski definition) is 1. The minimum Gasteiger partial charge on any atom is -0.480 e. The Morgan fingerprint density at radius 3 is 2.92 bits per heavy atom. The molecule has 0 saturated carbocycles. The van der Waals surface area contributed by atoms with E-state index in [4.69, 9.17) is 4.74 Å². The lowest BCUT2D eigenvalue weighted by molar-refractivity contribution is -0.125. The number of amides is 1. The maximum absolute atomic E-state index is 10.8. The minimum absolute atomic E-state index is 0.0151. The van der Waals surface area contributed by atoms with Gasteiger partial charge in [-0.1, -0.05) is 6.58 Å². The summed E-state index contributed by atoms with van der Waals surface area (Å²) < 4.78 is 5.09. The van der Waals surface area contributed by atoms with Crippen LogP contribution in [0.15, 0.2) is 28.7 Å². The zero-order valence-electron chi connectivity index (χ0n) is 6.89. The van der Waals surface area contributed by atoms with Gasteiger partial charge in [0, 0.05) is 0 Å². The van der Waals surface area contributed by atoms with Crippen molar-refractivity contribution in [1.82, 2.24) is 5.32 Å². The van der Waals surface area contributed by atoms with Crippen LogP contribution in [0.1, 0.15) is 6.92 Å². The summed E-state index contributed by atoms with van der Waals surface area (Å²) in [5, 5.41) is 2.52. The molecular weight excluding hydrogens is 156 g/mol. The summed E-state index contributed by atoms with van der Waals surface area (Å²) in [6.07, 6.45) is 0. The Balaban J connectivity index is 2.98. The van der Waals surface area contributed by atoms with Crippen LogP contribution in [0.4, 0.5) is 0 Å². The molecule has 1 aliphatic rings. The number of nitrogens with zero attached hydrogens (tertiary/aromatic N) is 1. The Bertz CT molecular complexity index is 279. The number of nitrogens with one attached hydrogen (secondary N) is 1. The van der Waals surface area contributed by atoms with Crippen LogP contribution in [0.3, 0.4) is 0 Å². The zero-order chi connectivity index (χ0) is 9.14. The van der Waals surface area contributed by atoms with Crippen molar-refractivity contribution in [3.05, 3.63) is 23.7 Å². The highest BCUT2D eigenvalue weighted by atomic mass is 16.5. The fourth-order valence-electron chi connectivity index (χ4n) is 0.868. The summed E-state index contributed by atoms with van der Waals surface area (Å²) in [6.45, 7) is 8.78. The Morgan fingerprint density at radius 1 is 1.75 bits per heavy atom. The van der Waals surface area contributed by atoms with Crippen LogP contribution < -0.4 is 5.32 Å². The predicted octanol–water partition coefficient (Wildman–Crippen LogP) is 0.579. The van der Waals surface area contributed by atoms with Gasteiger partial charge in [0.2, 0.25) is 0 Å². The molecular formula is C8H10N2O2. The molecule has 1 aliphatic heterocycles. The van der Waals surface area contributed by atoms with E-state index in [1.807, 2.05) is 0 Å². The molecule has 1 heterocycles. The topological polar surface area (TPSA) is 50.7 Å². The molecule has 0 radical (unpaired) electrons. The summed E-state index contributed by atoms with van der Waals surface area (Å²) in [5.41, 5.74) is 0.720. The molecule has 0 unspecified atom stereocenters. The van der Waals surface area contributed by atoms with Crippen LogP contribution >= 0.6 is 0 Å². The maximum Gasteiger partial charge on any atom is 0.263 e. The van der Waals surface area contributed by atoms with E-state index in [1.54, 1.807) is 6.92 Å². The monoisotopic (exact) mass is 166 g/mol. The zero-order valence-corrected chi connectivity index (χ0v) is 6.89. The van der Waals surface area contributed by atoms with Gasteiger partial charge in [-0.15, -0.1) is 0 Å². The van der Waals surface area contributed by atoms with Crippen LogP contribution in [0, 0.1) is 0 Å². The van der Waals surface area contributed by atoms with E-state index >= 15 is 0 Å². The molecule has 1 rings (SSSR count). The molecule has 0 fully saturated rings. The van der Waals surface area contributed by atoms with Crippen molar-refractivity contribution in [2.45, 2.75) is 6.92 Å². The molecule has 0 atom stereocenters. The van der Waals surface area contributed by atoms with Gasteiger partial charge >= 0.3 is 0 Å². The van der Waals surface area contributed by atoms with Crippen molar-refractivity contribution in [3.63, 3.8) is 0 Å². The summed E-state index contributed by atoms with van der Waals surface area (Å²) in [7, 11) is 0. The van der Waals surface area contributed by atoms with Crippen molar-refractivity contribution < 1.29 is 9.53 Å². The highest BCUT2D eigenvalue weighted by Crippen LogP contribution is 2.16. The lowest BCUT2D eigenvalue weighted by Crippen LogP contribution is -2.32. The van der Waals surface area contributed by atoms with Crippen molar-refractivity contribution in [2.75, 3.05) is 6.61 Å². The fraction of sp³-hybridized carbons (Fsp3) is 0.250. The van der Waals surface area contributed by atoms with E-state index in [2.05, 4.69) is 23.6 Å². The van der Waals surface area contributed by atoms with Crippen LogP contribution in [0.5, 0.6) is 0 Å². The number of carbonyl (C=O) groups is 1. The van der Waals surface area contributed by atoms with Gasteiger partial charge in [-0.25, -0.2) is 4.99 Å². The van der Waals surface area contributed by atoms with E-state index in [0.29, 0.717) is 11.6 Å². The second kappa shape index (κ2) is 3.21. The summed E-state index contributed by atoms with van der Waals surface area (Å²) in [6, 6.07) is 0. The van der Waals surface area contributed by atoms with E-state index < -0.39 is 0 Å². The Labute approximate surface area is 70.6 Å². The molecule has 12 heavy (non-hydrogen) atoms. The second-order valence-corrected chi connectivity index (χ2v) is 2.45. The molecule has 0 spiro atoms. The minimum atomic E-state index is -0.220. The standard InChI is InChI=1S/C8H10N2O2/c1-5(2)7-8(9-3)10-6(11)4-12-7/h1,3-4H2,2H3,(H,10,11). The van der Waals surface area contributed by atoms with Crippen LogP contribution in [-0.2, 0) is 9.53 Å². The van der Waals surface area contributed by atoms with E-state index in [0.717, 1.165) is 5.57 Å². The molecule has 4 heteroatoms. The average Bonchev–Trinajstić information content (AvgIpc) is 2.03. The molecule has 4 nitrogen and oxygen atoms in total. The summed E-state index contributed by atoms with van der Waals surface area (Å²) in [4.78, 5) is 14.4. The van der Waals surface area contributed by atoms with Crippen LogP contribution in [0.2, 0.25) is 0 Å². The first-order chi connectivity index (χ1) is 5.65. The lowest BCUT2D eigenvalue weighted by Gasteiger charge is -2.18. The Morgan fingerprint density at radius 2 is 2.42 bits per heavy atom. The van der Waals surface area contributed by atoms with Crippen molar-refractivity contribution >= 4 is 12.6 Å². The number of aliphatic imine (C=N–C) groups is 1. The molecule has 0 aliphatic carbocycles. The summed E-state index contributed by atoms with van der Waals surface area (Å²) in [5.74, 6) is 0.630. The predicted molar refractivity (Wildman–Crippen MR) is 45.5 cm³/mol. The number of allylic oxidation sites excluding steroid dienone is 1. The molecule has 64 valence electrons. The van der Waals surface area contributed by atoms with Crippen LogP contribution in [0.25, 0.3) is 0 Å². The third kappa shape index (κ3) is 1.53. The number of hydrogen-bond acceptors (Lipinski definition) is 3. The van der Waals surface area contributed by atoms with Gasteiger partial charge in [0.1, 0.15) is 0 Å². The third-order valence-corrected chi connectivity index (χ3v) is 1.37. The quantitative estimate of drug-likeness (QED) is 0.610. The number of carbonyl (C=O) groups excluding carboxylic acids is 1. The third-order valence-electron chi connectivity index (χ3n) is 1.37. The molecule has 0 aromatic rings. The van der Waals surface area contributed by atoms with Gasteiger partial charge in [-0.2, -0.15) is 0 Å². The van der Waals surface area contributed by atoms with Gasteiger partial charge in [-0.05, 0) is 19.2 Å². The van der Waals surface area contributed by atoms with Crippen molar-refractivity contribution in [3.8, 4) is 0 Å². The van der Waals surface area contributed by atoms with Crippen LogP contribution in [-0.4, -0.2) is 19.2 Å². The van der Waals surface area contributed by atoms with E-state index in [1.165, 1.54) is 0 Å². The van der Waals surface area contributed by atoms with Crippen molar-refractivity contribution in [1.29, 1.82) is 0 Å². The first kappa shape index (κ1) is 8.52. The molecule has 0 aromatic carbocycles. The Hall–Kier alpha value is -1.58. The normalized spacial score (nSPS) is 16.6. The highest BCUT2D eigenvalue weighted by Gasteiger charge is 2.18. The average molecular weight is 166 g/mol. The maximum atomic E-state index is 10.8. The Kier molecular flexibility index (Phi) is 2.28. The lowest BCUT2D eigenvalue weighted by atomic mass is 10.2. The number of rotatable bonds is 2. The SMILES string of the molecule is C=NC1=C(C(=C)C)OCC(=O)N1. The van der Waals surface area contributed by atoms with Gasteiger partial charge in [0.15, 0.2) is 18.2 Å². The fourth-order valence-corrected chi connectivity index (χ4v) is 0.868. The smallest absolute Gasteiger partial charge is 0.263 e. The van der Waals surface area contributed by atoms with E-state index in [9.17, 15) is 4.79 Å². The van der Waals surface area contributed by atoms with Crippen molar-refractivity contribution in [2.24, 2.45) is 4.99 Å².